The van der Waals surface area contributed by atoms with E-state index in [1.54, 1.807) is 18.4 Å². The standard InChI is InChI=1S/C14H26N6OS.HI/c1-18(10-11-21-2)5-3-16-13(15)19-6-8-20(9-7-19)14-17-4-12-22-14;/h4,12H,3,5-11H2,1-2H3,(H2,15,16);1H. The Morgan fingerprint density at radius 3 is 2.74 bits per heavy atom. The molecule has 2 heterocycles. The van der Waals surface area contributed by atoms with Crippen LogP contribution in [0.25, 0.3) is 0 Å². The number of piperazine rings is 1. The maximum absolute atomic E-state index is 6.10. The van der Waals surface area contributed by atoms with E-state index in [1.165, 1.54) is 0 Å². The lowest BCUT2D eigenvalue weighted by atomic mass is 10.3. The largest absolute Gasteiger partial charge is 0.383 e. The van der Waals surface area contributed by atoms with E-state index in [-0.39, 0.29) is 24.0 Å². The second kappa shape index (κ2) is 11.0. The molecule has 1 aliphatic heterocycles. The third-order valence-corrected chi connectivity index (χ3v) is 4.56. The van der Waals surface area contributed by atoms with Crippen LogP contribution < -0.4 is 10.6 Å². The lowest BCUT2D eigenvalue weighted by Gasteiger charge is -2.35. The van der Waals surface area contributed by atoms with Crippen LogP contribution >= 0.6 is 35.3 Å². The molecule has 0 aliphatic carbocycles. The van der Waals surface area contributed by atoms with Crippen molar-refractivity contribution in [2.75, 3.05) is 71.5 Å². The number of guanidine groups is 1. The Hall–Kier alpha value is -0.650. The number of aromatic nitrogens is 1. The molecule has 0 bridgehead atoms. The molecule has 2 rings (SSSR count). The molecule has 1 aromatic heterocycles. The lowest BCUT2D eigenvalue weighted by molar-refractivity contribution is 0.163. The predicted octanol–water partition coefficient (Wildman–Crippen LogP) is 0.776. The molecule has 2 N–H and O–H groups in total. The second-order valence-electron chi connectivity index (χ2n) is 5.32. The van der Waals surface area contributed by atoms with Crippen molar-refractivity contribution in [2.24, 2.45) is 10.7 Å². The minimum Gasteiger partial charge on any atom is -0.383 e. The van der Waals surface area contributed by atoms with Crippen molar-refractivity contribution in [1.82, 2.24) is 14.8 Å². The number of thiazole rings is 1. The van der Waals surface area contributed by atoms with E-state index in [0.29, 0.717) is 5.96 Å². The van der Waals surface area contributed by atoms with Gasteiger partial charge in [0, 0.05) is 58.0 Å². The van der Waals surface area contributed by atoms with E-state index in [2.05, 4.69) is 31.7 Å². The number of nitrogens with zero attached hydrogens (tertiary/aromatic N) is 5. The Labute approximate surface area is 159 Å². The number of nitrogens with two attached hydrogens (primary N) is 1. The van der Waals surface area contributed by atoms with Crippen LogP contribution in [-0.4, -0.2) is 87.3 Å². The first-order valence-electron chi connectivity index (χ1n) is 7.57. The number of aliphatic imine (C=N–C) groups is 1. The van der Waals surface area contributed by atoms with Gasteiger partial charge in [-0.15, -0.1) is 35.3 Å². The molecule has 1 aromatic rings. The summed E-state index contributed by atoms with van der Waals surface area (Å²) in [5.41, 5.74) is 6.10. The first-order chi connectivity index (χ1) is 10.7. The van der Waals surface area contributed by atoms with Crippen LogP contribution in [0.4, 0.5) is 5.13 Å². The summed E-state index contributed by atoms with van der Waals surface area (Å²) >= 11 is 1.68. The molecule has 132 valence electrons. The summed E-state index contributed by atoms with van der Waals surface area (Å²) in [6, 6.07) is 0. The predicted molar refractivity (Wildman–Crippen MR) is 107 cm³/mol. The number of ether oxygens (including phenoxy) is 1. The fraction of sp³-hybridized carbons (Fsp3) is 0.714. The minimum absolute atomic E-state index is 0. The summed E-state index contributed by atoms with van der Waals surface area (Å²) in [4.78, 5) is 15.5. The van der Waals surface area contributed by atoms with Gasteiger partial charge in [-0.1, -0.05) is 0 Å². The SMILES string of the molecule is COCCN(C)CCN=C(N)N1CCN(c2nccs2)CC1.I. The molecule has 7 nitrogen and oxygen atoms in total. The van der Waals surface area contributed by atoms with Crippen LogP contribution in [0.3, 0.4) is 0 Å². The average Bonchev–Trinajstić information content (AvgIpc) is 3.07. The molecule has 23 heavy (non-hydrogen) atoms. The molecule has 0 aromatic carbocycles. The Morgan fingerprint density at radius 1 is 1.39 bits per heavy atom. The number of likely N-dealkylation sites (N-methyl/N-ethyl adjacent to an activating group) is 1. The van der Waals surface area contributed by atoms with E-state index >= 15 is 0 Å². The van der Waals surface area contributed by atoms with Crippen molar-refractivity contribution in [1.29, 1.82) is 0 Å². The van der Waals surface area contributed by atoms with E-state index < -0.39 is 0 Å². The van der Waals surface area contributed by atoms with Crippen molar-refractivity contribution in [3.8, 4) is 0 Å². The number of methoxy groups -OCH3 is 1. The van der Waals surface area contributed by atoms with Gasteiger partial charge < -0.3 is 25.2 Å². The number of rotatable bonds is 7. The Kier molecular flexibility index (Phi) is 9.75. The highest BCUT2D eigenvalue weighted by Gasteiger charge is 2.19. The number of anilines is 1. The summed E-state index contributed by atoms with van der Waals surface area (Å²) in [7, 11) is 3.78. The lowest BCUT2D eigenvalue weighted by Crippen LogP contribution is -2.51. The quantitative estimate of drug-likeness (QED) is 0.373. The monoisotopic (exact) mass is 454 g/mol. The summed E-state index contributed by atoms with van der Waals surface area (Å²) in [6.07, 6.45) is 1.85. The van der Waals surface area contributed by atoms with E-state index in [9.17, 15) is 0 Å². The molecule has 1 aliphatic rings. The molecule has 1 saturated heterocycles. The van der Waals surface area contributed by atoms with E-state index in [0.717, 1.165) is 57.6 Å². The van der Waals surface area contributed by atoms with Gasteiger partial charge in [-0.25, -0.2) is 4.98 Å². The first kappa shape index (κ1) is 20.4. The van der Waals surface area contributed by atoms with Crippen LogP contribution in [0.5, 0.6) is 0 Å². The summed E-state index contributed by atoms with van der Waals surface area (Å²) < 4.78 is 5.06. The van der Waals surface area contributed by atoms with Crippen LogP contribution in [0.2, 0.25) is 0 Å². The molecule has 9 heteroatoms. The third kappa shape index (κ3) is 6.77. The molecule has 0 amide bonds. The topological polar surface area (TPSA) is 70.2 Å². The number of hydrogen-bond donors (Lipinski definition) is 1. The van der Waals surface area contributed by atoms with Crippen LogP contribution in [0.15, 0.2) is 16.6 Å². The highest BCUT2D eigenvalue weighted by Crippen LogP contribution is 2.18. The smallest absolute Gasteiger partial charge is 0.191 e. The highest BCUT2D eigenvalue weighted by molar-refractivity contribution is 14.0. The van der Waals surface area contributed by atoms with Crippen molar-refractivity contribution < 1.29 is 4.74 Å². The zero-order chi connectivity index (χ0) is 15.8. The molecular weight excluding hydrogens is 427 g/mol. The Morgan fingerprint density at radius 2 is 2.13 bits per heavy atom. The van der Waals surface area contributed by atoms with Crippen LogP contribution in [-0.2, 0) is 4.74 Å². The Balaban J connectivity index is 0.00000264. The average molecular weight is 454 g/mol. The van der Waals surface area contributed by atoms with Crippen LogP contribution in [0.1, 0.15) is 0 Å². The van der Waals surface area contributed by atoms with Gasteiger partial charge in [0.15, 0.2) is 11.1 Å². The molecule has 0 spiro atoms. The molecule has 1 fully saturated rings. The zero-order valence-electron chi connectivity index (χ0n) is 13.8. The molecular formula is C14H27IN6OS. The second-order valence-corrected chi connectivity index (χ2v) is 6.20. The normalized spacial score (nSPS) is 15.9. The summed E-state index contributed by atoms with van der Waals surface area (Å²) in [6.45, 7) is 6.95. The van der Waals surface area contributed by atoms with Crippen molar-refractivity contribution in [2.45, 2.75) is 0 Å². The van der Waals surface area contributed by atoms with Gasteiger partial charge in [0.1, 0.15) is 0 Å². The zero-order valence-corrected chi connectivity index (χ0v) is 17.0. The Bertz CT molecular complexity index is 450. The van der Waals surface area contributed by atoms with Gasteiger partial charge in [0.2, 0.25) is 0 Å². The summed E-state index contributed by atoms with van der Waals surface area (Å²) in [5.74, 6) is 0.652. The van der Waals surface area contributed by atoms with E-state index in [1.807, 2.05) is 11.6 Å². The molecule has 0 atom stereocenters. The maximum Gasteiger partial charge on any atom is 0.191 e. The molecule has 0 unspecified atom stereocenters. The van der Waals surface area contributed by atoms with Gasteiger partial charge in [0.05, 0.1) is 13.2 Å². The fourth-order valence-electron chi connectivity index (χ4n) is 2.29. The number of hydrogen-bond acceptors (Lipinski definition) is 6. The highest BCUT2D eigenvalue weighted by atomic mass is 127. The van der Waals surface area contributed by atoms with Gasteiger partial charge in [-0.05, 0) is 7.05 Å². The van der Waals surface area contributed by atoms with Gasteiger partial charge in [-0.2, -0.15) is 0 Å². The maximum atomic E-state index is 6.10. The van der Waals surface area contributed by atoms with Crippen molar-refractivity contribution in [3.63, 3.8) is 0 Å². The molecule has 0 saturated carbocycles. The summed E-state index contributed by atoms with van der Waals surface area (Å²) in [5, 5.41) is 3.10. The molecule has 0 radical (unpaired) electrons. The van der Waals surface area contributed by atoms with Gasteiger partial charge >= 0.3 is 0 Å². The van der Waals surface area contributed by atoms with Crippen molar-refractivity contribution >= 4 is 46.4 Å². The van der Waals surface area contributed by atoms with E-state index in [4.69, 9.17) is 10.5 Å². The van der Waals surface area contributed by atoms with Crippen molar-refractivity contribution in [3.05, 3.63) is 11.6 Å². The number of halogens is 1. The van der Waals surface area contributed by atoms with Crippen LogP contribution in [0, 0.1) is 0 Å². The van der Waals surface area contributed by atoms with Gasteiger partial charge in [-0.3, -0.25) is 4.99 Å². The fourth-order valence-corrected chi connectivity index (χ4v) is 2.99. The van der Waals surface area contributed by atoms with Gasteiger partial charge in [0.25, 0.3) is 0 Å². The first-order valence-corrected chi connectivity index (χ1v) is 8.45. The minimum atomic E-state index is 0. The third-order valence-electron chi connectivity index (χ3n) is 3.73.